The van der Waals surface area contributed by atoms with Gasteiger partial charge in [-0.3, -0.25) is 0 Å². The first kappa shape index (κ1) is 33.3. The number of fused-ring (bicyclic) bond motifs is 4. The second-order valence-corrected chi connectivity index (χ2v) is 11.9. The van der Waals surface area contributed by atoms with Crippen molar-refractivity contribution in [3.05, 3.63) is 157 Å². The lowest BCUT2D eigenvalue weighted by atomic mass is 9.67. The Morgan fingerprint density at radius 2 is 1.00 bits per heavy atom. The van der Waals surface area contributed by atoms with E-state index in [0.717, 1.165) is 35.5 Å². The predicted octanol–water partition coefficient (Wildman–Crippen LogP) is 8.98. The van der Waals surface area contributed by atoms with Gasteiger partial charge in [0.25, 0.3) is 0 Å². The first-order chi connectivity index (χ1) is 24.0. The van der Waals surface area contributed by atoms with E-state index in [1.54, 1.807) is 0 Å². The Balaban J connectivity index is 1.30. The Labute approximate surface area is 287 Å². The predicted molar refractivity (Wildman–Crippen MR) is 193 cm³/mol. The van der Waals surface area contributed by atoms with Crippen molar-refractivity contribution in [3.63, 3.8) is 0 Å². The normalized spacial score (nSPS) is 12.4. The van der Waals surface area contributed by atoms with E-state index in [1.807, 2.05) is 24.3 Å². The van der Waals surface area contributed by atoms with E-state index in [1.165, 1.54) is 45.2 Å². The molecular formula is C43H40O6. The smallest absolute Gasteiger partial charge is 0.330 e. The van der Waals surface area contributed by atoms with Crippen molar-refractivity contribution in [3.8, 4) is 22.6 Å². The van der Waals surface area contributed by atoms with Gasteiger partial charge in [-0.2, -0.15) is 0 Å². The Morgan fingerprint density at radius 3 is 1.53 bits per heavy atom. The van der Waals surface area contributed by atoms with E-state index in [4.69, 9.17) is 18.9 Å². The van der Waals surface area contributed by atoms with Gasteiger partial charge in [0.2, 0.25) is 0 Å². The third kappa shape index (κ3) is 7.14. The van der Waals surface area contributed by atoms with Crippen LogP contribution in [0.1, 0.15) is 47.9 Å². The van der Waals surface area contributed by atoms with Gasteiger partial charge >= 0.3 is 11.9 Å². The topological polar surface area (TPSA) is 71.1 Å². The molecule has 0 amide bonds. The lowest BCUT2D eigenvalue weighted by Gasteiger charge is -2.34. The van der Waals surface area contributed by atoms with Crippen LogP contribution in [0.25, 0.3) is 21.9 Å². The van der Waals surface area contributed by atoms with Crippen LogP contribution in [-0.4, -0.2) is 38.4 Å². The minimum absolute atomic E-state index is 0.347. The summed E-state index contributed by atoms with van der Waals surface area (Å²) in [5.41, 5.74) is 6.61. The largest absolute Gasteiger partial charge is 0.494 e. The quantitative estimate of drug-likeness (QED) is 0.0591. The number of rotatable bonds is 16. The van der Waals surface area contributed by atoms with Crippen molar-refractivity contribution in [2.45, 2.75) is 31.1 Å². The van der Waals surface area contributed by atoms with E-state index in [-0.39, 0.29) is 0 Å². The summed E-state index contributed by atoms with van der Waals surface area (Å²) >= 11 is 0. The molecule has 0 saturated heterocycles. The van der Waals surface area contributed by atoms with Gasteiger partial charge in [-0.05, 0) is 106 Å². The van der Waals surface area contributed by atoms with Crippen LogP contribution in [0.2, 0.25) is 0 Å². The second kappa shape index (κ2) is 15.5. The molecule has 0 bridgehead atoms. The number of ether oxygens (including phenoxy) is 4. The van der Waals surface area contributed by atoms with E-state index < -0.39 is 17.4 Å². The molecule has 6 nitrogen and oxygen atoms in total. The minimum atomic E-state index is -0.572. The van der Waals surface area contributed by atoms with Crippen molar-refractivity contribution in [2.24, 2.45) is 0 Å². The molecule has 5 aromatic carbocycles. The Morgan fingerprint density at radius 1 is 0.531 bits per heavy atom. The molecule has 0 aliphatic heterocycles. The monoisotopic (exact) mass is 652 g/mol. The Bertz CT molecular complexity index is 1860. The summed E-state index contributed by atoms with van der Waals surface area (Å²) in [4.78, 5) is 22.6. The maximum atomic E-state index is 11.3. The molecule has 248 valence electrons. The molecule has 0 aromatic heterocycles. The fourth-order valence-electron chi connectivity index (χ4n) is 6.61. The zero-order valence-electron chi connectivity index (χ0n) is 27.6. The number of unbranched alkanes of at least 4 members (excludes halogenated alkanes) is 2. The maximum Gasteiger partial charge on any atom is 0.330 e. The Kier molecular flexibility index (Phi) is 10.5. The molecule has 0 atom stereocenters. The van der Waals surface area contributed by atoms with Crippen molar-refractivity contribution in [1.82, 2.24) is 0 Å². The van der Waals surface area contributed by atoms with E-state index in [0.29, 0.717) is 39.3 Å². The summed E-state index contributed by atoms with van der Waals surface area (Å²) in [5.74, 6) is 0.762. The van der Waals surface area contributed by atoms with Gasteiger partial charge in [0.05, 0.1) is 31.8 Å². The molecule has 0 heterocycles. The fraction of sp³-hybridized carbons (Fsp3) is 0.209. The highest BCUT2D eigenvalue weighted by molar-refractivity contribution is 5.95. The fourth-order valence-corrected chi connectivity index (χ4v) is 6.61. The molecule has 0 fully saturated rings. The SMILES string of the molecule is C=CC(=O)OCCCCOc1ccc(C2(c3ccc(OCCCCOC(=O)C=C)cc3)c3ccccc3-c3cc4ccccc4cc32)cc1. The average molecular weight is 653 g/mol. The van der Waals surface area contributed by atoms with Gasteiger partial charge in [0.1, 0.15) is 11.5 Å². The van der Waals surface area contributed by atoms with Gasteiger partial charge < -0.3 is 18.9 Å². The van der Waals surface area contributed by atoms with E-state index in [9.17, 15) is 9.59 Å². The summed E-state index contributed by atoms with van der Waals surface area (Å²) in [5, 5.41) is 2.40. The molecule has 0 radical (unpaired) electrons. The number of carbonyl (C=O) groups is 2. The van der Waals surface area contributed by atoms with Gasteiger partial charge in [-0.1, -0.05) is 86.0 Å². The summed E-state index contributed by atoms with van der Waals surface area (Å²) in [6, 6.07) is 38.7. The van der Waals surface area contributed by atoms with Crippen molar-refractivity contribution < 1.29 is 28.5 Å². The summed E-state index contributed by atoms with van der Waals surface area (Å²) in [7, 11) is 0. The average Bonchev–Trinajstić information content (AvgIpc) is 3.43. The highest BCUT2D eigenvalue weighted by atomic mass is 16.5. The molecule has 0 unspecified atom stereocenters. The summed E-state index contributed by atoms with van der Waals surface area (Å²) in [6.07, 6.45) is 5.31. The van der Waals surface area contributed by atoms with Crippen LogP contribution in [-0.2, 0) is 24.5 Å². The lowest BCUT2D eigenvalue weighted by molar-refractivity contribution is -0.138. The zero-order valence-corrected chi connectivity index (χ0v) is 27.6. The number of hydrogen-bond acceptors (Lipinski definition) is 6. The highest BCUT2D eigenvalue weighted by Crippen LogP contribution is 2.57. The van der Waals surface area contributed by atoms with Crippen LogP contribution in [0, 0.1) is 0 Å². The molecule has 49 heavy (non-hydrogen) atoms. The first-order valence-corrected chi connectivity index (χ1v) is 16.7. The van der Waals surface area contributed by atoms with Gasteiger partial charge in [-0.15, -0.1) is 0 Å². The second-order valence-electron chi connectivity index (χ2n) is 11.9. The molecule has 1 aliphatic carbocycles. The summed E-state index contributed by atoms with van der Waals surface area (Å²) < 4.78 is 22.3. The number of esters is 2. The number of hydrogen-bond donors (Lipinski definition) is 0. The maximum absolute atomic E-state index is 11.3. The van der Waals surface area contributed by atoms with Crippen LogP contribution < -0.4 is 9.47 Å². The van der Waals surface area contributed by atoms with E-state index in [2.05, 4.69) is 98.1 Å². The van der Waals surface area contributed by atoms with Gasteiger partial charge in [-0.25, -0.2) is 9.59 Å². The van der Waals surface area contributed by atoms with Crippen LogP contribution in [0.4, 0.5) is 0 Å². The van der Waals surface area contributed by atoms with E-state index >= 15 is 0 Å². The van der Waals surface area contributed by atoms with Crippen LogP contribution in [0.15, 0.2) is 135 Å². The molecule has 6 heteroatoms. The van der Waals surface area contributed by atoms with Crippen LogP contribution >= 0.6 is 0 Å². The van der Waals surface area contributed by atoms with Gasteiger partial charge in [0.15, 0.2) is 0 Å². The standard InChI is InChI=1S/C43H40O6/c1-3-41(44)48-27-11-9-25-46-35-21-17-33(18-22-35)43(34-19-23-36(24-20-34)47-26-10-12-28-49-42(45)4-2)39-16-8-7-15-37(39)38-29-31-13-5-6-14-32(31)30-40(38)43/h3-8,13-24,29-30H,1-2,9-12,25-28H2. The third-order valence-electron chi connectivity index (χ3n) is 8.92. The molecular weight excluding hydrogens is 612 g/mol. The Hall–Kier alpha value is -5.62. The van der Waals surface area contributed by atoms with Crippen molar-refractivity contribution in [1.29, 1.82) is 0 Å². The number of carbonyl (C=O) groups excluding carboxylic acids is 2. The zero-order chi connectivity index (χ0) is 34.1. The lowest BCUT2D eigenvalue weighted by Crippen LogP contribution is -2.28. The summed E-state index contributed by atoms with van der Waals surface area (Å²) in [6.45, 7) is 8.59. The first-order valence-electron chi connectivity index (χ1n) is 16.7. The number of benzene rings is 5. The molecule has 6 rings (SSSR count). The molecule has 0 saturated carbocycles. The molecule has 1 aliphatic rings. The van der Waals surface area contributed by atoms with Crippen LogP contribution in [0.5, 0.6) is 11.5 Å². The highest BCUT2D eigenvalue weighted by Gasteiger charge is 2.46. The minimum Gasteiger partial charge on any atom is -0.494 e. The van der Waals surface area contributed by atoms with Crippen molar-refractivity contribution in [2.75, 3.05) is 26.4 Å². The van der Waals surface area contributed by atoms with Gasteiger partial charge in [0, 0.05) is 12.2 Å². The molecule has 5 aromatic rings. The third-order valence-corrected chi connectivity index (χ3v) is 8.92. The molecule has 0 N–H and O–H groups in total. The molecule has 0 spiro atoms. The van der Waals surface area contributed by atoms with Crippen LogP contribution in [0.3, 0.4) is 0 Å². The van der Waals surface area contributed by atoms with Crippen molar-refractivity contribution >= 4 is 22.7 Å².